The minimum absolute atomic E-state index is 0.0491. The first-order chi connectivity index (χ1) is 12.8. The number of nitrogens with zero attached hydrogens (tertiary/aromatic N) is 2. The standard InChI is InChI=1S/C20H26N4O2S/c1-12-7-6-8-13(2)19(12)24-18(26)11-21-17(25)10-9-16-14(3)22-20(27-5)23-15(16)4/h6-8H,9-11H2,1-5H3,(H,21,25)(H,24,26). The number of hydrogen-bond donors (Lipinski definition) is 2. The second-order valence-electron chi connectivity index (χ2n) is 6.45. The molecule has 0 saturated heterocycles. The number of carbonyl (C=O) groups is 2. The molecule has 0 spiro atoms. The zero-order valence-electron chi connectivity index (χ0n) is 16.5. The molecule has 2 amide bonds. The molecule has 1 aromatic heterocycles. The van der Waals surface area contributed by atoms with Gasteiger partial charge in [0.15, 0.2) is 5.16 Å². The molecule has 2 aromatic rings. The van der Waals surface area contributed by atoms with Crippen LogP contribution in [0.3, 0.4) is 0 Å². The molecule has 0 bridgehead atoms. The van der Waals surface area contributed by atoms with E-state index in [9.17, 15) is 9.59 Å². The van der Waals surface area contributed by atoms with E-state index in [2.05, 4.69) is 20.6 Å². The van der Waals surface area contributed by atoms with Crippen LogP contribution < -0.4 is 10.6 Å². The normalized spacial score (nSPS) is 10.6. The number of carbonyl (C=O) groups excluding carboxylic acids is 2. The molecule has 6 nitrogen and oxygen atoms in total. The van der Waals surface area contributed by atoms with Crippen LogP contribution in [0.25, 0.3) is 0 Å². The smallest absolute Gasteiger partial charge is 0.243 e. The van der Waals surface area contributed by atoms with Crippen molar-refractivity contribution in [2.24, 2.45) is 0 Å². The van der Waals surface area contributed by atoms with Gasteiger partial charge in [-0.2, -0.15) is 0 Å². The van der Waals surface area contributed by atoms with E-state index in [1.54, 1.807) is 0 Å². The van der Waals surface area contributed by atoms with Crippen LogP contribution in [0.2, 0.25) is 0 Å². The Morgan fingerprint density at radius 2 is 1.59 bits per heavy atom. The maximum absolute atomic E-state index is 12.1. The summed E-state index contributed by atoms with van der Waals surface area (Å²) in [6, 6.07) is 5.83. The van der Waals surface area contributed by atoms with E-state index < -0.39 is 0 Å². The molecule has 0 fully saturated rings. The molecule has 0 saturated carbocycles. The highest BCUT2D eigenvalue weighted by Crippen LogP contribution is 2.19. The van der Waals surface area contributed by atoms with Gasteiger partial charge in [-0.25, -0.2) is 9.97 Å². The molecule has 0 unspecified atom stereocenters. The third kappa shape index (κ3) is 5.79. The number of aryl methyl sites for hydroxylation is 4. The van der Waals surface area contributed by atoms with E-state index in [4.69, 9.17) is 0 Å². The molecule has 1 aromatic carbocycles. The van der Waals surface area contributed by atoms with Gasteiger partial charge < -0.3 is 10.6 Å². The molecular weight excluding hydrogens is 360 g/mol. The predicted molar refractivity (Wildman–Crippen MR) is 109 cm³/mol. The molecule has 144 valence electrons. The third-order valence-corrected chi connectivity index (χ3v) is 4.92. The molecular formula is C20H26N4O2S. The number of para-hydroxylation sites is 1. The Balaban J connectivity index is 1.85. The second kappa shape index (κ2) is 9.50. The molecule has 0 aliphatic carbocycles. The number of rotatable bonds is 7. The first-order valence-electron chi connectivity index (χ1n) is 8.82. The Labute approximate surface area is 164 Å². The molecule has 7 heteroatoms. The highest BCUT2D eigenvalue weighted by atomic mass is 32.2. The Morgan fingerprint density at radius 3 is 2.15 bits per heavy atom. The third-order valence-electron chi connectivity index (χ3n) is 4.38. The Hall–Kier alpha value is -2.41. The quantitative estimate of drug-likeness (QED) is 0.564. The maximum Gasteiger partial charge on any atom is 0.243 e. The largest absolute Gasteiger partial charge is 0.347 e. The van der Waals surface area contributed by atoms with Crippen molar-refractivity contribution in [1.29, 1.82) is 0 Å². The van der Waals surface area contributed by atoms with E-state index >= 15 is 0 Å². The molecule has 0 radical (unpaired) electrons. The van der Waals surface area contributed by atoms with Gasteiger partial charge in [-0.05, 0) is 57.1 Å². The summed E-state index contributed by atoms with van der Waals surface area (Å²) in [4.78, 5) is 33.1. The summed E-state index contributed by atoms with van der Waals surface area (Å²) in [5.41, 5.74) is 5.57. The Bertz CT molecular complexity index is 809. The number of benzene rings is 1. The van der Waals surface area contributed by atoms with E-state index in [1.165, 1.54) is 11.8 Å². The van der Waals surface area contributed by atoms with Crippen LogP contribution in [0.1, 0.15) is 34.5 Å². The van der Waals surface area contributed by atoms with Crippen LogP contribution in [0.4, 0.5) is 5.69 Å². The Morgan fingerprint density at radius 1 is 1.00 bits per heavy atom. The van der Waals surface area contributed by atoms with Gasteiger partial charge >= 0.3 is 0 Å². The minimum Gasteiger partial charge on any atom is -0.347 e. The zero-order chi connectivity index (χ0) is 20.0. The van der Waals surface area contributed by atoms with Crippen LogP contribution in [0.15, 0.2) is 23.4 Å². The molecule has 0 aliphatic heterocycles. The fraction of sp³-hybridized carbons (Fsp3) is 0.400. The van der Waals surface area contributed by atoms with Crippen molar-refractivity contribution in [3.05, 3.63) is 46.3 Å². The SMILES string of the molecule is CSc1nc(C)c(CCC(=O)NCC(=O)Nc2c(C)cccc2C)c(C)n1. The summed E-state index contributed by atoms with van der Waals surface area (Å²) in [6.45, 7) is 7.69. The van der Waals surface area contributed by atoms with E-state index in [0.717, 1.165) is 38.9 Å². The van der Waals surface area contributed by atoms with Crippen LogP contribution in [-0.2, 0) is 16.0 Å². The second-order valence-corrected chi connectivity index (χ2v) is 7.22. The summed E-state index contributed by atoms with van der Waals surface area (Å²) >= 11 is 1.50. The summed E-state index contributed by atoms with van der Waals surface area (Å²) in [7, 11) is 0. The lowest BCUT2D eigenvalue weighted by Gasteiger charge is -2.12. The average Bonchev–Trinajstić information content (AvgIpc) is 2.62. The first kappa shape index (κ1) is 20.9. The predicted octanol–water partition coefficient (Wildman–Crippen LogP) is 3.12. The fourth-order valence-corrected chi connectivity index (χ4v) is 3.32. The van der Waals surface area contributed by atoms with Crippen LogP contribution in [0.5, 0.6) is 0 Å². The van der Waals surface area contributed by atoms with Crippen LogP contribution in [0, 0.1) is 27.7 Å². The number of aromatic nitrogens is 2. The molecule has 2 N–H and O–H groups in total. The Kier molecular flexibility index (Phi) is 7.36. The topological polar surface area (TPSA) is 84.0 Å². The highest BCUT2D eigenvalue weighted by molar-refractivity contribution is 7.98. The fourth-order valence-electron chi connectivity index (χ4n) is 2.86. The van der Waals surface area contributed by atoms with Crippen molar-refractivity contribution < 1.29 is 9.59 Å². The number of amides is 2. The van der Waals surface area contributed by atoms with Crippen molar-refractivity contribution in [3.8, 4) is 0 Å². The van der Waals surface area contributed by atoms with E-state index in [0.29, 0.717) is 12.8 Å². The lowest BCUT2D eigenvalue weighted by Crippen LogP contribution is -2.33. The number of anilines is 1. The maximum atomic E-state index is 12.1. The van der Waals surface area contributed by atoms with Gasteiger partial charge in [0.25, 0.3) is 0 Å². The van der Waals surface area contributed by atoms with Crippen LogP contribution >= 0.6 is 11.8 Å². The van der Waals surface area contributed by atoms with Crippen molar-refractivity contribution in [2.45, 2.75) is 45.7 Å². The van der Waals surface area contributed by atoms with E-state index in [1.807, 2.05) is 52.1 Å². The van der Waals surface area contributed by atoms with Crippen molar-refractivity contribution in [1.82, 2.24) is 15.3 Å². The van der Waals surface area contributed by atoms with Gasteiger partial charge in [0, 0.05) is 23.5 Å². The average molecular weight is 387 g/mol. The zero-order valence-corrected chi connectivity index (χ0v) is 17.3. The van der Waals surface area contributed by atoms with E-state index in [-0.39, 0.29) is 18.4 Å². The van der Waals surface area contributed by atoms with Crippen molar-refractivity contribution in [2.75, 3.05) is 18.1 Å². The highest BCUT2D eigenvalue weighted by Gasteiger charge is 2.12. The molecule has 1 heterocycles. The minimum atomic E-state index is -0.235. The molecule has 27 heavy (non-hydrogen) atoms. The van der Waals surface area contributed by atoms with Gasteiger partial charge in [0.1, 0.15) is 0 Å². The summed E-state index contributed by atoms with van der Waals surface area (Å²) in [5.74, 6) is -0.403. The van der Waals surface area contributed by atoms with Gasteiger partial charge in [0.2, 0.25) is 11.8 Å². The van der Waals surface area contributed by atoms with Crippen LogP contribution in [-0.4, -0.2) is 34.6 Å². The summed E-state index contributed by atoms with van der Waals surface area (Å²) < 4.78 is 0. The monoisotopic (exact) mass is 386 g/mol. The van der Waals surface area contributed by atoms with Gasteiger partial charge in [-0.1, -0.05) is 30.0 Å². The van der Waals surface area contributed by atoms with Gasteiger partial charge in [-0.15, -0.1) is 0 Å². The molecule has 0 atom stereocenters. The number of thioether (sulfide) groups is 1. The van der Waals surface area contributed by atoms with Gasteiger partial charge in [-0.3, -0.25) is 9.59 Å². The first-order valence-corrected chi connectivity index (χ1v) is 10.0. The van der Waals surface area contributed by atoms with Gasteiger partial charge in [0.05, 0.1) is 6.54 Å². The lowest BCUT2D eigenvalue weighted by molar-refractivity contribution is -0.124. The lowest BCUT2D eigenvalue weighted by atomic mass is 10.1. The summed E-state index contributed by atoms with van der Waals surface area (Å²) in [5, 5.41) is 6.28. The van der Waals surface area contributed by atoms with Crippen molar-refractivity contribution >= 4 is 29.3 Å². The molecule has 2 rings (SSSR count). The summed E-state index contributed by atoms with van der Waals surface area (Å²) in [6.07, 6.45) is 2.78. The molecule has 0 aliphatic rings. The number of nitrogens with one attached hydrogen (secondary N) is 2. The number of hydrogen-bond acceptors (Lipinski definition) is 5. The van der Waals surface area contributed by atoms with Crippen molar-refractivity contribution in [3.63, 3.8) is 0 Å².